The van der Waals surface area contributed by atoms with Gasteiger partial charge in [0.25, 0.3) is 5.82 Å². The summed E-state index contributed by atoms with van der Waals surface area (Å²) in [5, 5.41) is 15.6. The van der Waals surface area contributed by atoms with Crippen molar-refractivity contribution < 1.29 is 14.8 Å². The third-order valence-electron chi connectivity index (χ3n) is 5.14. The average Bonchev–Trinajstić information content (AvgIpc) is 2.77. The number of rotatable bonds is 7. The molecule has 0 saturated carbocycles. The number of nitrogens with one attached hydrogen (secondary N) is 2. The number of phenolic OH excluding ortho intramolecular Hbond substituents is 1. The number of nitrogens with zero attached hydrogens (tertiary/aromatic N) is 1. The smallest absolute Gasteiger partial charge is 0.273 e. The standard InChI is InChI=1S/C26H25N3O2/c1-4-16-31-21-13-10-19(11-14-21)24(29-23-7-5-6-17(2)27-23)22-15-12-20-9-8-18(3)28-25(20)26(22)30/h4-15,24,30H,1,16H2,2-3H3,(H,27,29)/p+1/t24-/m0/s1. The van der Waals surface area contributed by atoms with E-state index >= 15 is 0 Å². The molecule has 0 fully saturated rings. The second-order valence-electron chi connectivity index (χ2n) is 7.52. The van der Waals surface area contributed by atoms with Gasteiger partial charge in [-0.1, -0.05) is 43.0 Å². The van der Waals surface area contributed by atoms with Crippen molar-refractivity contribution in [2.75, 3.05) is 11.9 Å². The Morgan fingerprint density at radius 1 is 1.06 bits per heavy atom. The third kappa shape index (κ3) is 4.51. The van der Waals surface area contributed by atoms with Crippen LogP contribution in [0.1, 0.15) is 28.6 Å². The minimum absolute atomic E-state index is 0.179. The van der Waals surface area contributed by atoms with E-state index < -0.39 is 0 Å². The van der Waals surface area contributed by atoms with Gasteiger partial charge >= 0.3 is 0 Å². The second kappa shape index (κ2) is 8.88. The molecule has 3 N–H and O–H groups in total. The summed E-state index contributed by atoms with van der Waals surface area (Å²) in [6.45, 7) is 8.07. The van der Waals surface area contributed by atoms with Crippen molar-refractivity contribution in [2.45, 2.75) is 19.9 Å². The Balaban J connectivity index is 1.79. The number of aromatic nitrogens is 2. The summed E-state index contributed by atoms with van der Waals surface area (Å²) < 4.78 is 5.62. The largest absolute Gasteiger partial charge is 0.505 e. The highest BCUT2D eigenvalue weighted by Crippen LogP contribution is 2.36. The second-order valence-corrected chi connectivity index (χ2v) is 7.52. The van der Waals surface area contributed by atoms with E-state index in [0.29, 0.717) is 12.1 Å². The molecule has 0 amide bonds. The molecule has 0 saturated heterocycles. The van der Waals surface area contributed by atoms with E-state index in [2.05, 4.69) is 21.9 Å². The van der Waals surface area contributed by atoms with Crippen molar-refractivity contribution in [3.8, 4) is 11.5 Å². The van der Waals surface area contributed by atoms with Crippen molar-refractivity contribution in [1.29, 1.82) is 0 Å². The Kier molecular flexibility index (Phi) is 5.85. The fraction of sp³-hybridized carbons (Fsp3) is 0.154. The number of fused-ring (bicyclic) bond motifs is 1. The first-order chi connectivity index (χ1) is 15.0. The molecular formula is C26H26N3O2+. The van der Waals surface area contributed by atoms with Gasteiger partial charge in [0.15, 0.2) is 0 Å². The molecule has 156 valence electrons. The lowest BCUT2D eigenvalue weighted by Gasteiger charge is -2.18. The number of hydrogen-bond acceptors (Lipinski definition) is 4. The molecule has 0 bridgehead atoms. The van der Waals surface area contributed by atoms with E-state index in [4.69, 9.17) is 4.74 Å². The molecular weight excluding hydrogens is 386 g/mol. The molecule has 4 aromatic rings. The fourth-order valence-electron chi connectivity index (χ4n) is 3.60. The lowest BCUT2D eigenvalue weighted by molar-refractivity contribution is -0.371. The summed E-state index contributed by atoms with van der Waals surface area (Å²) in [6.07, 6.45) is 1.72. The van der Waals surface area contributed by atoms with E-state index in [1.165, 1.54) is 0 Å². The SMILES string of the molecule is C=CCOc1ccc([C@H](Nc2cccc(C)[nH+]2)c2ccc3ccc(C)nc3c2O)cc1. The minimum Gasteiger partial charge on any atom is -0.505 e. The van der Waals surface area contributed by atoms with Crippen molar-refractivity contribution in [2.24, 2.45) is 0 Å². The number of anilines is 1. The molecule has 2 aromatic carbocycles. The topological polar surface area (TPSA) is 68.5 Å². The predicted molar refractivity (Wildman–Crippen MR) is 123 cm³/mol. The fourth-order valence-corrected chi connectivity index (χ4v) is 3.60. The maximum Gasteiger partial charge on any atom is 0.273 e. The molecule has 31 heavy (non-hydrogen) atoms. The van der Waals surface area contributed by atoms with Gasteiger partial charge in [-0.15, -0.1) is 0 Å². The molecule has 5 nitrogen and oxygen atoms in total. The van der Waals surface area contributed by atoms with Gasteiger partial charge in [-0.05, 0) is 44.2 Å². The van der Waals surface area contributed by atoms with E-state index in [9.17, 15) is 5.11 Å². The van der Waals surface area contributed by atoms with Gasteiger partial charge < -0.3 is 9.84 Å². The summed E-state index contributed by atoms with van der Waals surface area (Å²) in [4.78, 5) is 7.90. The van der Waals surface area contributed by atoms with Crippen molar-refractivity contribution in [3.63, 3.8) is 0 Å². The summed E-state index contributed by atoms with van der Waals surface area (Å²) >= 11 is 0. The van der Waals surface area contributed by atoms with Crippen LogP contribution in [0.4, 0.5) is 5.82 Å². The maximum absolute atomic E-state index is 11.2. The monoisotopic (exact) mass is 412 g/mol. The quantitative estimate of drug-likeness (QED) is 0.413. The molecule has 0 aliphatic heterocycles. The van der Waals surface area contributed by atoms with Crippen molar-refractivity contribution >= 4 is 16.7 Å². The number of aromatic hydroxyl groups is 1. The number of benzene rings is 2. The van der Waals surface area contributed by atoms with Crippen LogP contribution in [0.2, 0.25) is 0 Å². The number of aryl methyl sites for hydroxylation is 2. The first kappa shape index (κ1) is 20.4. The van der Waals surface area contributed by atoms with E-state index in [1.807, 2.05) is 80.6 Å². The highest BCUT2D eigenvalue weighted by Gasteiger charge is 2.24. The van der Waals surface area contributed by atoms with Gasteiger partial charge in [0.05, 0.1) is 5.69 Å². The van der Waals surface area contributed by atoms with Crippen LogP contribution in [-0.4, -0.2) is 16.7 Å². The van der Waals surface area contributed by atoms with Crippen LogP contribution in [-0.2, 0) is 0 Å². The van der Waals surface area contributed by atoms with E-state index in [-0.39, 0.29) is 11.8 Å². The summed E-state index contributed by atoms with van der Waals surface area (Å²) in [5.74, 6) is 1.80. The summed E-state index contributed by atoms with van der Waals surface area (Å²) in [5.41, 5.74) is 4.24. The molecule has 2 heterocycles. The zero-order valence-electron chi connectivity index (χ0n) is 17.7. The molecule has 4 rings (SSSR count). The first-order valence-electron chi connectivity index (χ1n) is 10.2. The van der Waals surface area contributed by atoms with Gasteiger partial charge in [0.2, 0.25) is 0 Å². The molecule has 1 atom stereocenters. The summed E-state index contributed by atoms with van der Waals surface area (Å²) in [6, 6.07) is 21.4. The van der Waals surface area contributed by atoms with Crippen molar-refractivity contribution in [1.82, 2.24) is 4.98 Å². The van der Waals surface area contributed by atoms with Gasteiger partial charge in [0, 0.05) is 28.3 Å². The van der Waals surface area contributed by atoms with Crippen LogP contribution in [0.15, 0.2) is 79.4 Å². The molecule has 0 aliphatic carbocycles. The highest BCUT2D eigenvalue weighted by molar-refractivity contribution is 5.86. The van der Waals surface area contributed by atoms with Crippen LogP contribution in [0.25, 0.3) is 10.9 Å². The van der Waals surface area contributed by atoms with Gasteiger partial charge in [-0.2, -0.15) is 0 Å². The lowest BCUT2D eigenvalue weighted by Crippen LogP contribution is -2.20. The van der Waals surface area contributed by atoms with Crippen LogP contribution in [0, 0.1) is 13.8 Å². The van der Waals surface area contributed by atoms with E-state index in [0.717, 1.165) is 39.5 Å². The Morgan fingerprint density at radius 2 is 1.84 bits per heavy atom. The predicted octanol–water partition coefficient (Wildman–Crippen LogP) is 5.14. The Morgan fingerprint density at radius 3 is 2.58 bits per heavy atom. The molecule has 0 aliphatic rings. The van der Waals surface area contributed by atoms with Gasteiger partial charge in [-0.3, -0.25) is 5.32 Å². The van der Waals surface area contributed by atoms with Crippen LogP contribution in [0.5, 0.6) is 11.5 Å². The van der Waals surface area contributed by atoms with Crippen LogP contribution < -0.4 is 15.0 Å². The van der Waals surface area contributed by atoms with E-state index in [1.54, 1.807) is 6.08 Å². The lowest BCUT2D eigenvalue weighted by atomic mass is 9.96. The number of hydrogen-bond donors (Lipinski definition) is 2. The molecule has 2 aromatic heterocycles. The minimum atomic E-state index is -0.293. The highest BCUT2D eigenvalue weighted by atomic mass is 16.5. The molecule has 0 unspecified atom stereocenters. The number of aromatic amines is 1. The van der Waals surface area contributed by atoms with Gasteiger partial charge in [0.1, 0.15) is 29.7 Å². The Bertz CT molecular complexity index is 1220. The first-order valence-corrected chi connectivity index (χ1v) is 10.2. The Labute approximate surface area is 182 Å². The maximum atomic E-state index is 11.2. The molecule has 5 heteroatoms. The number of pyridine rings is 2. The number of ether oxygens (including phenoxy) is 1. The zero-order chi connectivity index (χ0) is 21.8. The average molecular weight is 413 g/mol. The number of H-pyrrole nitrogens is 1. The summed E-state index contributed by atoms with van der Waals surface area (Å²) in [7, 11) is 0. The Hall–Kier alpha value is -3.86. The third-order valence-corrected chi connectivity index (χ3v) is 5.14. The normalized spacial score (nSPS) is 11.8. The van der Waals surface area contributed by atoms with Crippen molar-refractivity contribution in [3.05, 3.63) is 102 Å². The van der Waals surface area contributed by atoms with Gasteiger partial charge in [-0.25, -0.2) is 9.97 Å². The molecule has 0 radical (unpaired) electrons. The van der Waals surface area contributed by atoms with Crippen LogP contribution in [0.3, 0.4) is 0 Å². The van der Waals surface area contributed by atoms with Crippen LogP contribution >= 0.6 is 0 Å². The number of phenols is 1. The molecule has 0 spiro atoms. The zero-order valence-corrected chi connectivity index (χ0v) is 17.7.